The number of thiophene rings is 1. The zero-order valence-corrected chi connectivity index (χ0v) is 16.4. The van der Waals surface area contributed by atoms with Crippen LogP contribution in [-0.2, 0) is 16.4 Å². The topological polar surface area (TPSA) is 81.2 Å². The second kappa shape index (κ2) is 7.95. The van der Waals surface area contributed by atoms with Gasteiger partial charge in [-0.25, -0.2) is 18.4 Å². The van der Waals surface area contributed by atoms with E-state index in [4.69, 9.17) is 4.74 Å². The number of hydrogen-bond donors (Lipinski definition) is 1. The van der Waals surface area contributed by atoms with Crippen LogP contribution in [0.4, 0.5) is 5.82 Å². The van der Waals surface area contributed by atoms with Gasteiger partial charge in [0.1, 0.15) is 0 Å². The smallest absolute Gasteiger partial charge is 0.263 e. The van der Waals surface area contributed by atoms with Crippen molar-refractivity contribution in [3.63, 3.8) is 0 Å². The number of anilines is 1. The van der Waals surface area contributed by atoms with Gasteiger partial charge in [-0.15, -0.1) is 11.3 Å². The molecular weight excluding hydrogens is 394 g/mol. The summed E-state index contributed by atoms with van der Waals surface area (Å²) in [5.74, 6) is 0.239. The number of rotatable bonds is 7. The molecule has 0 bridgehead atoms. The highest BCUT2D eigenvalue weighted by atomic mass is 32.2. The molecule has 2 aromatic carbocycles. The Morgan fingerprint density at radius 1 is 0.893 bits per heavy atom. The summed E-state index contributed by atoms with van der Waals surface area (Å²) in [6.45, 7) is 0.369. The Labute approximate surface area is 166 Å². The second-order valence-corrected chi connectivity index (χ2v) is 8.68. The minimum absolute atomic E-state index is 0.0775. The molecule has 0 radical (unpaired) electrons. The Kier molecular flexibility index (Phi) is 5.23. The van der Waals surface area contributed by atoms with Crippen molar-refractivity contribution >= 4 is 38.2 Å². The molecule has 142 valence electrons. The molecule has 2 aromatic heterocycles. The Bertz CT molecular complexity index is 1180. The van der Waals surface area contributed by atoms with Gasteiger partial charge in [-0.1, -0.05) is 36.4 Å². The summed E-state index contributed by atoms with van der Waals surface area (Å²) in [7, 11) is -3.80. The number of aromatic nitrogens is 2. The van der Waals surface area contributed by atoms with E-state index in [9.17, 15) is 8.42 Å². The van der Waals surface area contributed by atoms with Gasteiger partial charge in [0.05, 0.1) is 22.5 Å². The van der Waals surface area contributed by atoms with Crippen molar-refractivity contribution in [1.82, 2.24) is 9.97 Å². The van der Waals surface area contributed by atoms with Gasteiger partial charge < -0.3 is 4.74 Å². The van der Waals surface area contributed by atoms with Gasteiger partial charge in [0.25, 0.3) is 15.9 Å². The Morgan fingerprint density at radius 2 is 1.61 bits per heavy atom. The molecule has 0 unspecified atom stereocenters. The van der Waals surface area contributed by atoms with Crippen molar-refractivity contribution in [1.29, 1.82) is 0 Å². The van der Waals surface area contributed by atoms with Gasteiger partial charge in [-0.2, -0.15) is 0 Å². The third kappa shape index (κ3) is 4.13. The highest BCUT2D eigenvalue weighted by Crippen LogP contribution is 2.26. The third-order valence-corrected chi connectivity index (χ3v) is 6.28. The maximum atomic E-state index is 12.7. The lowest BCUT2D eigenvalue weighted by molar-refractivity contribution is 0.312. The van der Waals surface area contributed by atoms with Crippen LogP contribution in [0.2, 0.25) is 0 Å². The monoisotopic (exact) mass is 411 g/mol. The molecule has 4 rings (SSSR count). The first-order valence-corrected chi connectivity index (χ1v) is 11.0. The van der Waals surface area contributed by atoms with Gasteiger partial charge in [0.15, 0.2) is 0 Å². The summed E-state index contributed by atoms with van der Waals surface area (Å²) in [6.07, 6.45) is 0.705. The average Bonchev–Trinajstić information content (AvgIpc) is 3.22. The van der Waals surface area contributed by atoms with Gasteiger partial charge >= 0.3 is 0 Å². The molecule has 0 aliphatic heterocycles. The summed E-state index contributed by atoms with van der Waals surface area (Å²) in [5, 5.41) is 2.00. The van der Waals surface area contributed by atoms with E-state index >= 15 is 0 Å². The number of benzene rings is 2. The van der Waals surface area contributed by atoms with Crippen LogP contribution in [-0.4, -0.2) is 25.0 Å². The Hall–Kier alpha value is -2.97. The predicted molar refractivity (Wildman–Crippen MR) is 110 cm³/mol. The van der Waals surface area contributed by atoms with Crippen LogP contribution in [0.25, 0.3) is 11.0 Å². The summed E-state index contributed by atoms with van der Waals surface area (Å²) in [6, 6.07) is 19.4. The van der Waals surface area contributed by atoms with E-state index in [-0.39, 0.29) is 16.6 Å². The van der Waals surface area contributed by atoms with Crippen molar-refractivity contribution in [2.24, 2.45) is 0 Å². The number of ether oxygens (including phenoxy) is 1. The fraction of sp³-hybridized carbons (Fsp3) is 0.100. The molecule has 0 spiro atoms. The predicted octanol–water partition coefficient (Wildman–Crippen LogP) is 4.11. The normalized spacial score (nSPS) is 11.4. The molecule has 0 saturated heterocycles. The molecule has 0 aliphatic carbocycles. The van der Waals surface area contributed by atoms with Crippen molar-refractivity contribution in [3.05, 3.63) is 77.0 Å². The molecule has 1 N–H and O–H groups in total. The molecule has 28 heavy (non-hydrogen) atoms. The summed E-state index contributed by atoms with van der Waals surface area (Å²) in [5.41, 5.74) is 1.22. The lowest BCUT2D eigenvalue weighted by Gasteiger charge is -2.13. The number of hydrogen-bond acceptors (Lipinski definition) is 6. The van der Waals surface area contributed by atoms with E-state index in [1.54, 1.807) is 35.6 Å². The highest BCUT2D eigenvalue weighted by molar-refractivity contribution is 7.92. The van der Waals surface area contributed by atoms with Crippen LogP contribution in [0.15, 0.2) is 77.0 Å². The number of para-hydroxylation sites is 2. The van der Waals surface area contributed by atoms with E-state index in [1.807, 2.05) is 35.7 Å². The molecule has 8 heteroatoms. The largest absolute Gasteiger partial charge is 0.475 e. The summed E-state index contributed by atoms with van der Waals surface area (Å²) < 4.78 is 33.8. The second-order valence-electron chi connectivity index (χ2n) is 5.96. The highest BCUT2D eigenvalue weighted by Gasteiger charge is 2.19. The van der Waals surface area contributed by atoms with E-state index in [0.717, 1.165) is 0 Å². The maximum absolute atomic E-state index is 12.7. The maximum Gasteiger partial charge on any atom is 0.263 e. The molecular formula is C20H17N3O3S2. The van der Waals surface area contributed by atoms with Gasteiger partial charge in [0, 0.05) is 11.3 Å². The molecule has 0 amide bonds. The first kappa shape index (κ1) is 18.4. The first-order chi connectivity index (χ1) is 13.6. The first-order valence-electron chi connectivity index (χ1n) is 8.62. The van der Waals surface area contributed by atoms with Crippen molar-refractivity contribution in [3.8, 4) is 5.88 Å². The molecule has 4 aromatic rings. The lowest BCUT2D eigenvalue weighted by atomic mass is 10.3. The Balaban J connectivity index is 1.65. The third-order valence-electron chi connectivity index (χ3n) is 3.99. The zero-order chi connectivity index (χ0) is 19.4. The lowest BCUT2D eigenvalue weighted by Crippen LogP contribution is -2.16. The molecule has 0 atom stereocenters. The van der Waals surface area contributed by atoms with Crippen molar-refractivity contribution in [2.45, 2.75) is 11.3 Å². The quantitative estimate of drug-likeness (QED) is 0.495. The van der Waals surface area contributed by atoms with Crippen LogP contribution in [0, 0.1) is 0 Å². The number of fused-ring (bicyclic) bond motifs is 1. The SMILES string of the molecule is O=S(=O)(Nc1nc2ccccc2nc1OCCc1cccs1)c1ccccc1. The van der Waals surface area contributed by atoms with E-state index in [1.165, 1.54) is 17.0 Å². The van der Waals surface area contributed by atoms with E-state index in [2.05, 4.69) is 14.7 Å². The van der Waals surface area contributed by atoms with Crippen molar-refractivity contribution < 1.29 is 13.2 Å². The number of nitrogens with one attached hydrogen (secondary N) is 1. The molecule has 0 fully saturated rings. The standard InChI is InChI=1S/C20H17N3O3S2/c24-28(25,16-8-2-1-3-9-16)23-19-20(26-13-12-15-7-6-14-27-15)22-18-11-5-4-10-17(18)21-19/h1-11,14H,12-13H2,(H,21,23). The van der Waals surface area contributed by atoms with Gasteiger partial charge in [-0.05, 0) is 35.7 Å². The minimum Gasteiger partial charge on any atom is -0.475 e. The van der Waals surface area contributed by atoms with Crippen LogP contribution in [0.3, 0.4) is 0 Å². The van der Waals surface area contributed by atoms with Gasteiger partial charge in [0.2, 0.25) is 5.82 Å². The minimum atomic E-state index is -3.80. The molecule has 6 nitrogen and oxygen atoms in total. The number of nitrogens with zero attached hydrogens (tertiary/aromatic N) is 2. The molecule has 2 heterocycles. The van der Waals surface area contributed by atoms with E-state index < -0.39 is 10.0 Å². The Morgan fingerprint density at radius 3 is 2.32 bits per heavy atom. The fourth-order valence-electron chi connectivity index (χ4n) is 2.64. The van der Waals surface area contributed by atoms with Crippen LogP contribution < -0.4 is 9.46 Å². The summed E-state index contributed by atoms with van der Waals surface area (Å²) >= 11 is 1.64. The summed E-state index contributed by atoms with van der Waals surface area (Å²) in [4.78, 5) is 10.2. The molecule has 0 saturated carbocycles. The molecule has 0 aliphatic rings. The van der Waals surface area contributed by atoms with Crippen LogP contribution in [0.5, 0.6) is 5.88 Å². The van der Waals surface area contributed by atoms with Crippen LogP contribution in [0.1, 0.15) is 4.88 Å². The van der Waals surface area contributed by atoms with Crippen molar-refractivity contribution in [2.75, 3.05) is 11.3 Å². The zero-order valence-electron chi connectivity index (χ0n) is 14.8. The fourth-order valence-corrected chi connectivity index (χ4v) is 4.35. The van der Waals surface area contributed by atoms with Gasteiger partial charge in [-0.3, -0.25) is 4.72 Å². The van der Waals surface area contributed by atoms with E-state index in [0.29, 0.717) is 24.1 Å². The number of sulfonamides is 1. The van der Waals surface area contributed by atoms with Crippen LogP contribution >= 0.6 is 11.3 Å². The average molecular weight is 412 g/mol.